The van der Waals surface area contributed by atoms with Crippen LogP contribution in [0.4, 0.5) is 17.6 Å². The fourth-order valence-electron chi connectivity index (χ4n) is 4.88. The van der Waals surface area contributed by atoms with Gasteiger partial charge in [0.05, 0.1) is 18.7 Å². The average molecular weight is 469 g/mol. The number of amides is 1. The summed E-state index contributed by atoms with van der Waals surface area (Å²) in [4.78, 5) is 39.8. The summed E-state index contributed by atoms with van der Waals surface area (Å²) < 4.78 is 10.8. The standard InChI is InChI=1S/C24H32N6O4/c1-14-7-6-9-18(15(14)2)30-12-16(11-21(30)31)22(32)34-13-20-27-23(25)29-24(28-20)26-17-8-4-5-10-19(17)33-3/h4-5,8,10,14-16,18H,6-7,9,11-13H2,1-3H3,(H3,25,26,27,28,29)/t14-,15-,16+,18+/m0/s1. The minimum atomic E-state index is -0.484. The molecule has 10 nitrogen and oxygen atoms in total. The highest BCUT2D eigenvalue weighted by atomic mass is 16.5. The number of esters is 1. The number of aromatic nitrogens is 3. The number of methoxy groups -OCH3 is 1. The summed E-state index contributed by atoms with van der Waals surface area (Å²) >= 11 is 0. The van der Waals surface area contributed by atoms with E-state index in [1.807, 2.05) is 23.1 Å². The lowest BCUT2D eigenvalue weighted by atomic mass is 9.77. The second-order valence-corrected chi connectivity index (χ2v) is 9.15. The fourth-order valence-corrected chi connectivity index (χ4v) is 4.88. The van der Waals surface area contributed by atoms with Gasteiger partial charge in [-0.25, -0.2) is 0 Å². The van der Waals surface area contributed by atoms with Crippen LogP contribution in [-0.2, 0) is 20.9 Å². The van der Waals surface area contributed by atoms with Crippen LogP contribution in [0.15, 0.2) is 24.3 Å². The van der Waals surface area contributed by atoms with E-state index in [0.717, 1.165) is 12.8 Å². The monoisotopic (exact) mass is 468 g/mol. The van der Waals surface area contributed by atoms with Gasteiger partial charge in [-0.2, -0.15) is 15.0 Å². The highest BCUT2D eigenvalue weighted by molar-refractivity contribution is 5.87. The number of rotatable bonds is 7. The predicted octanol–water partition coefficient (Wildman–Crippen LogP) is 2.92. The summed E-state index contributed by atoms with van der Waals surface area (Å²) in [5, 5.41) is 3.04. The molecule has 0 spiro atoms. The average Bonchev–Trinajstić information content (AvgIpc) is 3.20. The lowest BCUT2D eigenvalue weighted by molar-refractivity contribution is -0.150. The Bertz CT molecular complexity index is 1050. The number of benzene rings is 1. The number of hydrogen-bond donors (Lipinski definition) is 2. The van der Waals surface area contributed by atoms with Crippen molar-refractivity contribution in [1.29, 1.82) is 0 Å². The second-order valence-electron chi connectivity index (χ2n) is 9.15. The minimum absolute atomic E-state index is 0.000993. The van der Waals surface area contributed by atoms with Gasteiger partial charge in [0, 0.05) is 19.0 Å². The SMILES string of the molecule is COc1ccccc1Nc1nc(N)nc(COC(=O)[C@@H]2CC(=O)N([C@@H]3CCC[C@H](C)[C@@H]3C)C2)n1. The fraction of sp³-hybridized carbons (Fsp3) is 0.542. The van der Waals surface area contributed by atoms with Gasteiger partial charge >= 0.3 is 5.97 Å². The van der Waals surface area contributed by atoms with Crippen molar-refractivity contribution in [1.82, 2.24) is 19.9 Å². The molecule has 0 radical (unpaired) electrons. The summed E-state index contributed by atoms with van der Waals surface area (Å²) in [6.45, 7) is 4.68. The van der Waals surface area contributed by atoms with Crippen LogP contribution in [0.5, 0.6) is 5.75 Å². The smallest absolute Gasteiger partial charge is 0.311 e. The Balaban J connectivity index is 1.37. The predicted molar refractivity (Wildman–Crippen MR) is 126 cm³/mol. The third-order valence-electron chi connectivity index (χ3n) is 6.95. The van der Waals surface area contributed by atoms with Gasteiger partial charge in [0.1, 0.15) is 5.75 Å². The second kappa shape index (κ2) is 10.2. The van der Waals surface area contributed by atoms with E-state index >= 15 is 0 Å². The maximum absolute atomic E-state index is 12.7. The molecule has 10 heteroatoms. The number of carbonyl (C=O) groups is 2. The maximum Gasteiger partial charge on any atom is 0.311 e. The first kappa shape index (κ1) is 23.7. The molecule has 0 unspecified atom stereocenters. The highest BCUT2D eigenvalue weighted by Gasteiger charge is 2.42. The minimum Gasteiger partial charge on any atom is -0.495 e. The molecular formula is C24H32N6O4. The Labute approximate surface area is 199 Å². The van der Waals surface area contributed by atoms with Crippen LogP contribution >= 0.6 is 0 Å². The van der Waals surface area contributed by atoms with Gasteiger partial charge in [0.25, 0.3) is 0 Å². The Morgan fingerprint density at radius 2 is 2.00 bits per heavy atom. The first-order valence-electron chi connectivity index (χ1n) is 11.7. The van der Waals surface area contributed by atoms with E-state index in [4.69, 9.17) is 15.2 Å². The number of nitrogens with zero attached hydrogens (tertiary/aromatic N) is 4. The lowest BCUT2D eigenvalue weighted by Crippen LogP contribution is -2.45. The van der Waals surface area contributed by atoms with Crippen LogP contribution in [0.2, 0.25) is 0 Å². The number of nitrogen functional groups attached to an aromatic ring is 1. The zero-order valence-corrected chi connectivity index (χ0v) is 19.9. The van der Waals surface area contributed by atoms with Crippen molar-refractivity contribution in [3.05, 3.63) is 30.1 Å². The van der Waals surface area contributed by atoms with Crippen LogP contribution < -0.4 is 15.8 Å². The largest absolute Gasteiger partial charge is 0.495 e. The molecule has 3 N–H and O–H groups in total. The summed E-state index contributed by atoms with van der Waals surface area (Å²) in [5.74, 6) is 1.17. The molecule has 1 amide bonds. The van der Waals surface area contributed by atoms with Crippen LogP contribution in [0, 0.1) is 17.8 Å². The van der Waals surface area contributed by atoms with Crippen LogP contribution in [0.1, 0.15) is 45.4 Å². The topological polar surface area (TPSA) is 133 Å². The molecule has 2 fully saturated rings. The molecule has 1 saturated heterocycles. The van der Waals surface area contributed by atoms with Crippen molar-refractivity contribution < 1.29 is 19.1 Å². The van der Waals surface area contributed by atoms with Gasteiger partial charge in [-0.3, -0.25) is 9.59 Å². The van der Waals surface area contributed by atoms with Crippen molar-refractivity contribution in [2.45, 2.75) is 52.2 Å². The van der Waals surface area contributed by atoms with Crippen LogP contribution in [-0.4, -0.2) is 51.4 Å². The number of nitrogens with one attached hydrogen (secondary N) is 1. The van der Waals surface area contributed by atoms with Gasteiger partial charge in [-0.1, -0.05) is 38.8 Å². The molecule has 1 aromatic heterocycles. The van der Waals surface area contributed by atoms with E-state index < -0.39 is 11.9 Å². The lowest BCUT2D eigenvalue weighted by Gasteiger charge is -2.39. The van der Waals surface area contributed by atoms with Gasteiger partial charge in [-0.05, 0) is 30.4 Å². The molecule has 1 aliphatic carbocycles. The van der Waals surface area contributed by atoms with Gasteiger partial charge in [0.15, 0.2) is 12.4 Å². The number of likely N-dealkylation sites (tertiary alicyclic amines) is 1. The van der Waals surface area contributed by atoms with Crippen LogP contribution in [0.25, 0.3) is 0 Å². The summed E-state index contributed by atoms with van der Waals surface area (Å²) in [5.41, 5.74) is 6.49. The molecule has 2 aliphatic rings. The van der Waals surface area contributed by atoms with E-state index in [9.17, 15) is 9.59 Å². The van der Waals surface area contributed by atoms with E-state index in [1.54, 1.807) is 13.2 Å². The molecule has 34 heavy (non-hydrogen) atoms. The molecular weight excluding hydrogens is 436 g/mol. The van der Waals surface area contributed by atoms with Crippen molar-refractivity contribution >= 4 is 29.5 Å². The van der Waals surface area contributed by atoms with Gasteiger partial charge in [0.2, 0.25) is 17.8 Å². The summed E-state index contributed by atoms with van der Waals surface area (Å²) in [6.07, 6.45) is 3.47. The Morgan fingerprint density at radius 1 is 1.21 bits per heavy atom. The summed E-state index contributed by atoms with van der Waals surface area (Å²) in [7, 11) is 1.57. The van der Waals surface area contributed by atoms with Crippen molar-refractivity contribution in [3.8, 4) is 5.75 Å². The Kier molecular flexibility index (Phi) is 7.14. The number of nitrogens with two attached hydrogens (primary N) is 1. The van der Waals surface area contributed by atoms with E-state index in [0.29, 0.717) is 29.8 Å². The zero-order chi connectivity index (χ0) is 24.2. The number of anilines is 3. The third kappa shape index (κ3) is 5.21. The van der Waals surface area contributed by atoms with Gasteiger partial charge in [-0.15, -0.1) is 0 Å². The van der Waals surface area contributed by atoms with Crippen LogP contribution in [0.3, 0.4) is 0 Å². The molecule has 0 bridgehead atoms. The highest BCUT2D eigenvalue weighted by Crippen LogP contribution is 2.36. The number of hydrogen-bond acceptors (Lipinski definition) is 9. The first-order chi connectivity index (χ1) is 16.4. The van der Waals surface area contributed by atoms with E-state index in [2.05, 4.69) is 34.1 Å². The summed E-state index contributed by atoms with van der Waals surface area (Å²) in [6, 6.07) is 7.51. The molecule has 1 saturated carbocycles. The first-order valence-corrected chi connectivity index (χ1v) is 11.7. The number of ether oxygens (including phenoxy) is 2. The molecule has 4 atom stereocenters. The number of para-hydroxylation sites is 2. The van der Waals surface area contributed by atoms with Gasteiger partial charge < -0.3 is 25.4 Å². The molecule has 2 heterocycles. The Morgan fingerprint density at radius 3 is 2.79 bits per heavy atom. The maximum atomic E-state index is 12.7. The third-order valence-corrected chi connectivity index (χ3v) is 6.95. The molecule has 2 aromatic rings. The molecule has 1 aliphatic heterocycles. The molecule has 1 aromatic carbocycles. The molecule has 182 valence electrons. The van der Waals surface area contributed by atoms with Crippen molar-refractivity contribution in [3.63, 3.8) is 0 Å². The van der Waals surface area contributed by atoms with Crippen molar-refractivity contribution in [2.24, 2.45) is 17.8 Å². The van der Waals surface area contributed by atoms with E-state index in [1.165, 1.54) is 6.42 Å². The Hall–Kier alpha value is -3.43. The quantitative estimate of drug-likeness (QED) is 0.588. The normalized spacial score (nSPS) is 24.7. The molecule has 4 rings (SSSR count). The van der Waals surface area contributed by atoms with Crippen molar-refractivity contribution in [2.75, 3.05) is 24.7 Å². The van der Waals surface area contributed by atoms with E-state index in [-0.39, 0.29) is 42.7 Å². The zero-order valence-electron chi connectivity index (χ0n) is 19.9. The number of carbonyl (C=O) groups excluding carboxylic acids is 2.